The molecule has 0 radical (unpaired) electrons. The van der Waals surface area contributed by atoms with Gasteiger partial charge in [0, 0.05) is 32.4 Å². The molecule has 19 heavy (non-hydrogen) atoms. The largest absolute Gasteiger partial charge is 0.361 e. The van der Waals surface area contributed by atoms with Crippen molar-refractivity contribution in [2.45, 2.75) is 25.3 Å². The third-order valence-electron chi connectivity index (χ3n) is 2.95. The molecule has 0 atom stereocenters. The van der Waals surface area contributed by atoms with Gasteiger partial charge in [-0.1, -0.05) is 5.16 Å². The lowest BCUT2D eigenvalue weighted by atomic mass is 10.2. The minimum atomic E-state index is -3.55. The van der Waals surface area contributed by atoms with Crippen LogP contribution in [-0.2, 0) is 23.6 Å². The van der Waals surface area contributed by atoms with Crippen molar-refractivity contribution in [2.24, 2.45) is 7.05 Å². The predicted molar refractivity (Wildman–Crippen MR) is 67.8 cm³/mol. The summed E-state index contributed by atoms with van der Waals surface area (Å²) >= 11 is 0. The molecule has 0 spiro atoms. The van der Waals surface area contributed by atoms with Crippen molar-refractivity contribution in [3.05, 3.63) is 29.4 Å². The van der Waals surface area contributed by atoms with Gasteiger partial charge in [-0.25, -0.2) is 8.42 Å². The molecule has 0 aliphatic heterocycles. The lowest BCUT2D eigenvalue weighted by Crippen LogP contribution is -2.26. The molecule has 0 unspecified atom stereocenters. The van der Waals surface area contributed by atoms with E-state index < -0.39 is 10.0 Å². The van der Waals surface area contributed by atoms with E-state index >= 15 is 0 Å². The van der Waals surface area contributed by atoms with Crippen LogP contribution in [0.4, 0.5) is 0 Å². The highest BCUT2D eigenvalue weighted by Crippen LogP contribution is 2.19. The molecule has 104 valence electrons. The third kappa shape index (κ3) is 2.54. The molecule has 7 nitrogen and oxygen atoms in total. The summed E-state index contributed by atoms with van der Waals surface area (Å²) in [6, 6.07) is 0. The number of rotatable bonds is 4. The van der Waals surface area contributed by atoms with Gasteiger partial charge in [-0.3, -0.25) is 4.68 Å². The van der Waals surface area contributed by atoms with Gasteiger partial charge < -0.3 is 4.52 Å². The second kappa shape index (κ2) is 4.78. The molecule has 0 amide bonds. The number of aromatic nitrogens is 3. The van der Waals surface area contributed by atoms with Gasteiger partial charge in [-0.05, 0) is 13.8 Å². The number of hydrogen-bond acceptors (Lipinski definition) is 5. The highest BCUT2D eigenvalue weighted by Gasteiger charge is 2.24. The Labute approximate surface area is 111 Å². The van der Waals surface area contributed by atoms with E-state index in [9.17, 15) is 8.42 Å². The van der Waals surface area contributed by atoms with Crippen LogP contribution in [0.1, 0.15) is 17.0 Å². The van der Waals surface area contributed by atoms with Crippen LogP contribution < -0.4 is 0 Å². The Morgan fingerprint density at radius 2 is 2.11 bits per heavy atom. The first kappa shape index (κ1) is 13.8. The van der Waals surface area contributed by atoms with Crippen LogP contribution in [-0.4, -0.2) is 34.7 Å². The van der Waals surface area contributed by atoms with E-state index in [1.807, 2.05) is 0 Å². The van der Waals surface area contributed by atoms with Gasteiger partial charge >= 0.3 is 0 Å². The van der Waals surface area contributed by atoms with E-state index in [-0.39, 0.29) is 11.4 Å². The zero-order chi connectivity index (χ0) is 14.2. The van der Waals surface area contributed by atoms with Gasteiger partial charge in [0.05, 0.1) is 11.9 Å². The molecule has 0 bridgehead atoms. The zero-order valence-electron chi connectivity index (χ0n) is 11.3. The normalized spacial score (nSPS) is 12.3. The number of hydrogen-bond donors (Lipinski definition) is 0. The predicted octanol–water partition coefficient (Wildman–Crippen LogP) is 0.846. The van der Waals surface area contributed by atoms with Crippen molar-refractivity contribution < 1.29 is 12.9 Å². The SMILES string of the molecule is Cc1noc(C)c1CN(C)S(=O)(=O)c1cnn(C)c1. The highest BCUT2D eigenvalue weighted by atomic mass is 32.2. The van der Waals surface area contributed by atoms with Crippen molar-refractivity contribution in [2.75, 3.05) is 7.05 Å². The minimum absolute atomic E-state index is 0.171. The second-order valence-electron chi connectivity index (χ2n) is 4.41. The summed E-state index contributed by atoms with van der Waals surface area (Å²) in [6.45, 7) is 3.77. The van der Waals surface area contributed by atoms with E-state index in [0.29, 0.717) is 11.5 Å². The van der Waals surface area contributed by atoms with E-state index in [1.54, 1.807) is 20.9 Å². The fourth-order valence-corrected chi connectivity index (χ4v) is 2.87. The summed E-state index contributed by atoms with van der Waals surface area (Å²) in [7, 11) is -0.351. The fraction of sp³-hybridized carbons (Fsp3) is 0.455. The number of nitrogens with zero attached hydrogens (tertiary/aromatic N) is 4. The van der Waals surface area contributed by atoms with E-state index in [1.165, 1.54) is 28.4 Å². The maximum absolute atomic E-state index is 12.3. The quantitative estimate of drug-likeness (QED) is 0.831. The Kier molecular flexibility index (Phi) is 3.46. The van der Waals surface area contributed by atoms with E-state index in [0.717, 1.165) is 5.56 Å². The van der Waals surface area contributed by atoms with Gasteiger partial charge in [-0.2, -0.15) is 9.40 Å². The Morgan fingerprint density at radius 1 is 1.42 bits per heavy atom. The van der Waals surface area contributed by atoms with Gasteiger partial charge in [0.1, 0.15) is 10.7 Å². The molecule has 8 heteroatoms. The monoisotopic (exact) mass is 284 g/mol. The molecule has 0 N–H and O–H groups in total. The molecule has 0 saturated carbocycles. The van der Waals surface area contributed by atoms with Crippen LogP contribution in [0.3, 0.4) is 0 Å². The molecule has 0 aromatic carbocycles. The first-order chi connectivity index (χ1) is 8.82. The second-order valence-corrected chi connectivity index (χ2v) is 6.46. The van der Waals surface area contributed by atoms with E-state index in [4.69, 9.17) is 4.52 Å². The van der Waals surface area contributed by atoms with Crippen LogP contribution in [0.2, 0.25) is 0 Å². The summed E-state index contributed by atoms with van der Waals surface area (Å²) in [4.78, 5) is 0.171. The van der Waals surface area contributed by atoms with Gasteiger partial charge in [0.15, 0.2) is 0 Å². The van der Waals surface area contributed by atoms with Crippen LogP contribution in [0.5, 0.6) is 0 Å². The molecule has 2 aromatic heterocycles. The van der Waals surface area contributed by atoms with Crippen molar-refractivity contribution >= 4 is 10.0 Å². The van der Waals surface area contributed by atoms with Crippen molar-refractivity contribution in [3.63, 3.8) is 0 Å². The van der Waals surface area contributed by atoms with Crippen molar-refractivity contribution in [3.8, 4) is 0 Å². The molecule has 0 aliphatic rings. The topological polar surface area (TPSA) is 81.2 Å². The molecule has 0 aliphatic carbocycles. The molecule has 2 heterocycles. The summed E-state index contributed by atoms with van der Waals surface area (Å²) in [6.07, 6.45) is 2.80. The molecular weight excluding hydrogens is 268 g/mol. The smallest absolute Gasteiger partial charge is 0.246 e. The Bertz CT molecular complexity index is 667. The van der Waals surface area contributed by atoms with Crippen LogP contribution in [0.25, 0.3) is 0 Å². The number of sulfonamides is 1. The first-order valence-corrected chi connectivity index (χ1v) is 7.13. The van der Waals surface area contributed by atoms with Gasteiger partial charge in [-0.15, -0.1) is 0 Å². The Morgan fingerprint density at radius 3 is 2.58 bits per heavy atom. The van der Waals surface area contributed by atoms with E-state index in [2.05, 4.69) is 10.3 Å². The lowest BCUT2D eigenvalue weighted by molar-refractivity contribution is 0.390. The number of aryl methyl sites for hydroxylation is 3. The summed E-state index contributed by atoms with van der Waals surface area (Å²) in [5, 5.41) is 7.69. The molecule has 0 saturated heterocycles. The van der Waals surface area contributed by atoms with Crippen molar-refractivity contribution in [1.29, 1.82) is 0 Å². The maximum Gasteiger partial charge on any atom is 0.246 e. The summed E-state index contributed by atoms with van der Waals surface area (Å²) < 4.78 is 32.4. The zero-order valence-corrected chi connectivity index (χ0v) is 12.1. The minimum Gasteiger partial charge on any atom is -0.361 e. The van der Waals surface area contributed by atoms with Gasteiger partial charge in [0.2, 0.25) is 10.0 Å². The maximum atomic E-state index is 12.3. The summed E-state index contributed by atoms with van der Waals surface area (Å²) in [5.74, 6) is 0.630. The molecule has 2 rings (SSSR count). The average Bonchev–Trinajstić information content (AvgIpc) is 2.90. The first-order valence-electron chi connectivity index (χ1n) is 5.69. The fourth-order valence-electron chi connectivity index (χ4n) is 1.75. The molecule has 2 aromatic rings. The average molecular weight is 284 g/mol. The van der Waals surface area contributed by atoms with Gasteiger partial charge in [0.25, 0.3) is 0 Å². The molecule has 0 fully saturated rings. The summed E-state index contributed by atoms with van der Waals surface area (Å²) in [5.41, 5.74) is 1.49. The standard InChI is InChI=1S/C11H16N4O3S/c1-8-11(9(2)18-13-8)7-15(4)19(16,17)10-5-12-14(3)6-10/h5-6H,7H2,1-4H3. The Hall–Kier alpha value is -1.67. The highest BCUT2D eigenvalue weighted by molar-refractivity contribution is 7.89. The van der Waals surface area contributed by atoms with Crippen molar-refractivity contribution in [1.82, 2.24) is 19.2 Å². The molecular formula is C11H16N4O3S. The lowest BCUT2D eigenvalue weighted by Gasteiger charge is -2.15. The van der Waals surface area contributed by atoms with Crippen LogP contribution in [0, 0.1) is 13.8 Å². The Balaban J connectivity index is 2.27. The third-order valence-corrected chi connectivity index (χ3v) is 4.71. The van der Waals surface area contributed by atoms with Crippen LogP contribution in [0.15, 0.2) is 21.8 Å². The van der Waals surface area contributed by atoms with Crippen LogP contribution >= 0.6 is 0 Å².